The van der Waals surface area contributed by atoms with Crippen molar-refractivity contribution < 1.29 is 36.4 Å². The molecule has 4 aliphatic rings. The monoisotopic (exact) mass is 640 g/mol. The Balaban J connectivity index is 0.000000150. The van der Waals surface area contributed by atoms with Crippen molar-refractivity contribution in [3.63, 3.8) is 0 Å². The van der Waals surface area contributed by atoms with E-state index in [1.54, 1.807) is 47.6 Å². The fourth-order valence-electron chi connectivity index (χ4n) is 7.16. The van der Waals surface area contributed by atoms with E-state index in [0.717, 1.165) is 21.5 Å². The Hall–Kier alpha value is -2.12. The van der Waals surface area contributed by atoms with Crippen LogP contribution in [0.3, 0.4) is 0 Å². The normalized spacial score (nSPS) is 20.5. The Morgan fingerprint density at radius 3 is 1.16 bits per heavy atom. The summed E-state index contributed by atoms with van der Waals surface area (Å²) in [7, 11) is 0. The van der Waals surface area contributed by atoms with Gasteiger partial charge in [-0.2, -0.15) is 0 Å². The van der Waals surface area contributed by atoms with Crippen LogP contribution < -0.4 is 0 Å². The van der Waals surface area contributed by atoms with Crippen LogP contribution in [0.1, 0.15) is 64.2 Å². The van der Waals surface area contributed by atoms with E-state index in [4.69, 9.17) is 0 Å². The van der Waals surface area contributed by atoms with Crippen molar-refractivity contribution in [3.8, 4) is 22.6 Å². The van der Waals surface area contributed by atoms with Crippen LogP contribution in [0.15, 0.2) is 72.8 Å². The smallest absolute Gasteiger partial charge is 0.124 e. The molecule has 0 atom stereocenters. The minimum Gasteiger partial charge on any atom is -0.507 e. The van der Waals surface area contributed by atoms with Crippen LogP contribution in [0.4, 0.5) is 0 Å². The molecule has 4 saturated carbocycles. The zero-order chi connectivity index (χ0) is 28.5. The van der Waals surface area contributed by atoms with Crippen molar-refractivity contribution in [2.45, 2.75) is 64.2 Å². The van der Waals surface area contributed by atoms with Crippen LogP contribution >= 0.6 is 0 Å². The topological polar surface area (TPSA) is 40.5 Å². The van der Waals surface area contributed by atoms with Gasteiger partial charge in [0.1, 0.15) is 11.5 Å². The molecule has 8 rings (SSSR count). The summed E-state index contributed by atoms with van der Waals surface area (Å²) >= 11 is 0. The molecule has 43 heavy (non-hydrogen) atoms. The molecule has 4 fully saturated rings. The summed E-state index contributed by atoms with van der Waals surface area (Å²) in [6.45, 7) is 0. The zero-order valence-electron chi connectivity index (χ0n) is 24.7. The van der Waals surface area contributed by atoms with E-state index in [1.807, 2.05) is 60.7 Å². The fraction of sp³-hybridized carbons (Fsp3) is 0.250. The van der Waals surface area contributed by atoms with Crippen LogP contribution in [0.5, 0.6) is 11.5 Å². The van der Waals surface area contributed by atoms with Gasteiger partial charge in [0.05, 0.1) is 0 Å². The van der Waals surface area contributed by atoms with Crippen LogP contribution in [-0.4, -0.2) is 10.2 Å². The van der Waals surface area contributed by atoms with Gasteiger partial charge in [-0.15, -0.1) is 0 Å². The molecule has 4 aliphatic carbocycles. The van der Waals surface area contributed by atoms with E-state index >= 15 is 0 Å². The first-order valence-corrected chi connectivity index (χ1v) is 15.6. The maximum absolute atomic E-state index is 10.4. The first-order valence-electron chi connectivity index (χ1n) is 15.6. The van der Waals surface area contributed by atoms with Crippen LogP contribution in [0.25, 0.3) is 32.7 Å². The molecule has 3 heteroatoms. The number of benzene rings is 4. The van der Waals surface area contributed by atoms with Crippen molar-refractivity contribution in [1.29, 1.82) is 0 Å². The van der Waals surface area contributed by atoms with Crippen molar-refractivity contribution >= 4 is 21.5 Å². The minimum atomic E-state index is 0. The van der Waals surface area contributed by atoms with Gasteiger partial charge in [0.15, 0.2) is 0 Å². The molecule has 0 bridgehead atoms. The molecule has 0 aliphatic heterocycles. The number of hydrogen-bond acceptors (Lipinski definition) is 2. The third kappa shape index (κ3) is 6.63. The van der Waals surface area contributed by atoms with Crippen LogP contribution in [0, 0.1) is 61.2 Å². The van der Waals surface area contributed by atoms with E-state index in [2.05, 4.69) is 25.7 Å². The SMILES string of the molecule is Oc1ccc2ccccc2c1-c1c(O)ccc2ccccc12.[CH]1[C](CC[C]2[CH][C]3CCCC[C]3[CH]2)[CH][C]2CCCC[C]12.[Zr]. The first kappa shape index (κ1) is 30.9. The van der Waals surface area contributed by atoms with E-state index in [0.29, 0.717) is 11.1 Å². The number of rotatable bonds is 4. The van der Waals surface area contributed by atoms with E-state index < -0.39 is 0 Å². The summed E-state index contributed by atoms with van der Waals surface area (Å²) in [5.74, 6) is 10.1. The van der Waals surface area contributed by atoms with Gasteiger partial charge in [-0.05, 0) is 133 Å². The molecule has 2 N–H and O–H groups in total. The summed E-state index contributed by atoms with van der Waals surface area (Å²) in [6.07, 6.45) is 23.3. The molecule has 0 heterocycles. The Morgan fingerprint density at radius 1 is 0.442 bits per heavy atom. The molecular formula is C40H38O2Zr. The van der Waals surface area contributed by atoms with Gasteiger partial charge < -0.3 is 10.2 Å². The average molecular weight is 642 g/mol. The van der Waals surface area contributed by atoms with Gasteiger partial charge in [-0.3, -0.25) is 0 Å². The second kappa shape index (κ2) is 13.9. The number of phenolic OH excluding ortho intramolecular Hbond substituents is 2. The second-order valence-corrected chi connectivity index (χ2v) is 12.1. The third-order valence-electron chi connectivity index (χ3n) is 9.31. The summed E-state index contributed by atoms with van der Waals surface area (Å²) in [4.78, 5) is 0. The maximum atomic E-state index is 10.4. The zero-order valence-corrected chi connectivity index (χ0v) is 27.2. The van der Waals surface area contributed by atoms with E-state index in [9.17, 15) is 10.2 Å². The molecule has 214 valence electrons. The third-order valence-corrected chi connectivity index (χ3v) is 9.31. The molecular weight excluding hydrogens is 604 g/mol. The number of aromatic hydroxyl groups is 2. The van der Waals surface area contributed by atoms with Gasteiger partial charge in [0.25, 0.3) is 0 Å². The van der Waals surface area contributed by atoms with Crippen molar-refractivity contribution in [1.82, 2.24) is 0 Å². The molecule has 0 spiro atoms. The molecule has 0 saturated heterocycles. The largest absolute Gasteiger partial charge is 0.507 e. The van der Waals surface area contributed by atoms with Crippen LogP contribution in [-0.2, 0) is 26.2 Å². The summed E-state index contributed by atoms with van der Waals surface area (Å²) in [5.41, 5.74) is 1.35. The Labute approximate surface area is 277 Å². The van der Waals surface area contributed by atoms with Gasteiger partial charge >= 0.3 is 0 Å². The Kier molecular flexibility index (Phi) is 9.98. The number of phenols is 2. The van der Waals surface area contributed by atoms with E-state index in [1.165, 1.54) is 64.2 Å². The predicted molar refractivity (Wildman–Crippen MR) is 173 cm³/mol. The minimum absolute atomic E-state index is 0. The second-order valence-electron chi connectivity index (χ2n) is 12.1. The van der Waals surface area contributed by atoms with Gasteiger partial charge in [0.2, 0.25) is 0 Å². The molecule has 4 aromatic rings. The number of hydrogen-bond donors (Lipinski definition) is 2. The van der Waals surface area contributed by atoms with Crippen molar-refractivity contribution in [3.05, 3.63) is 134 Å². The molecule has 0 unspecified atom stereocenters. The van der Waals surface area contributed by atoms with Gasteiger partial charge in [-0.25, -0.2) is 0 Å². The average Bonchev–Trinajstić information content (AvgIpc) is 3.64. The Morgan fingerprint density at radius 2 is 0.791 bits per heavy atom. The Bertz CT molecular complexity index is 1380. The van der Waals surface area contributed by atoms with E-state index in [-0.39, 0.29) is 37.7 Å². The maximum Gasteiger partial charge on any atom is 0.124 e. The standard InChI is InChI=1S/C20H14O2.C20H24.Zr/c21-17-11-9-13-5-1-3-7-15(13)19(17)20-16-8-4-2-6-14(16)10-12-18(20)22;1-2-6-18-12-15(11-17(18)5-1)9-10-16-13-19-7-3-4-8-20(19)14-16;/h1-12,21-22H;11-14H,1-10H2;. The predicted octanol–water partition coefficient (Wildman–Crippen LogP) is 10.3. The summed E-state index contributed by atoms with van der Waals surface area (Å²) in [5, 5.41) is 24.8. The summed E-state index contributed by atoms with van der Waals surface area (Å²) in [6, 6.07) is 22.9. The molecule has 10 radical (unpaired) electrons. The summed E-state index contributed by atoms with van der Waals surface area (Å²) < 4.78 is 0. The molecule has 2 nitrogen and oxygen atoms in total. The molecule has 0 aromatic heterocycles. The first-order chi connectivity index (χ1) is 20.6. The number of fused-ring (bicyclic) bond motifs is 4. The fourth-order valence-corrected chi connectivity index (χ4v) is 7.16. The van der Waals surface area contributed by atoms with Gasteiger partial charge in [-0.1, -0.05) is 86.3 Å². The van der Waals surface area contributed by atoms with Gasteiger partial charge in [0, 0.05) is 37.3 Å². The van der Waals surface area contributed by atoms with Crippen molar-refractivity contribution in [2.24, 2.45) is 0 Å². The molecule has 4 aromatic carbocycles. The molecule has 0 amide bonds. The van der Waals surface area contributed by atoms with Crippen molar-refractivity contribution in [2.75, 3.05) is 0 Å². The quantitative estimate of drug-likeness (QED) is 0.233. The van der Waals surface area contributed by atoms with Crippen LogP contribution in [0.2, 0.25) is 0 Å².